The van der Waals surface area contributed by atoms with Crippen molar-refractivity contribution in [2.45, 2.75) is 6.54 Å². The quantitative estimate of drug-likeness (QED) is 0.539. The predicted octanol–water partition coefficient (Wildman–Crippen LogP) is 3.80. The molecule has 0 saturated carbocycles. The number of ether oxygens (including phenoxy) is 1. The van der Waals surface area contributed by atoms with Crippen LogP contribution in [0.2, 0.25) is 5.02 Å². The number of furan rings is 1. The number of morpholine rings is 1. The van der Waals surface area contributed by atoms with Crippen LogP contribution in [0.4, 0.5) is 5.82 Å². The van der Waals surface area contributed by atoms with Crippen LogP contribution < -0.4 is 10.2 Å². The zero-order chi connectivity index (χ0) is 20.5. The number of rotatable bonds is 4. The third-order valence-corrected chi connectivity index (χ3v) is 5.29. The normalized spacial score (nSPS) is 14.4. The average molecular weight is 423 g/mol. The maximum Gasteiger partial charge on any atom is 0.289 e. The summed E-state index contributed by atoms with van der Waals surface area (Å²) < 4.78 is 11.5. The number of para-hydroxylation sites is 1. The first-order valence-electron chi connectivity index (χ1n) is 9.74. The molecule has 1 saturated heterocycles. The number of benzene rings is 2. The van der Waals surface area contributed by atoms with Gasteiger partial charge in [0, 0.05) is 30.0 Å². The Kier molecular flexibility index (Phi) is 4.98. The number of carbonyl (C=O) groups excluding carboxylic acids is 1. The summed E-state index contributed by atoms with van der Waals surface area (Å²) in [5.74, 6) is 0.377. The number of hydrogen-bond donors (Lipinski definition) is 1. The van der Waals surface area contributed by atoms with Gasteiger partial charge in [0.05, 0.1) is 13.2 Å². The van der Waals surface area contributed by atoms with Crippen LogP contribution in [0.5, 0.6) is 0 Å². The fourth-order valence-electron chi connectivity index (χ4n) is 3.58. The minimum atomic E-state index is -0.350. The molecule has 30 heavy (non-hydrogen) atoms. The number of anilines is 1. The maximum absolute atomic E-state index is 12.9. The lowest BCUT2D eigenvalue weighted by Gasteiger charge is -2.27. The summed E-state index contributed by atoms with van der Waals surface area (Å²) in [7, 11) is 0. The first-order chi connectivity index (χ1) is 14.7. The average Bonchev–Trinajstić information content (AvgIpc) is 3.16. The molecule has 0 bridgehead atoms. The molecule has 152 valence electrons. The summed E-state index contributed by atoms with van der Waals surface area (Å²) in [6, 6.07) is 15.0. The molecule has 1 aliphatic heterocycles. The van der Waals surface area contributed by atoms with E-state index in [-0.39, 0.29) is 11.7 Å². The highest BCUT2D eigenvalue weighted by Gasteiger charge is 2.24. The monoisotopic (exact) mass is 422 g/mol. The van der Waals surface area contributed by atoms with Gasteiger partial charge in [0.25, 0.3) is 5.91 Å². The second-order valence-electron chi connectivity index (χ2n) is 7.06. The lowest BCUT2D eigenvalue weighted by atomic mass is 10.2. The molecule has 1 fully saturated rings. The van der Waals surface area contributed by atoms with Gasteiger partial charge < -0.3 is 19.4 Å². The zero-order valence-corrected chi connectivity index (χ0v) is 16.9. The highest BCUT2D eigenvalue weighted by atomic mass is 35.5. The molecular weight excluding hydrogens is 404 g/mol. The van der Waals surface area contributed by atoms with Gasteiger partial charge >= 0.3 is 0 Å². The Bertz CT molecular complexity index is 1230. The van der Waals surface area contributed by atoms with Crippen LogP contribution in [0.25, 0.3) is 22.1 Å². The van der Waals surface area contributed by atoms with Crippen LogP contribution >= 0.6 is 11.6 Å². The number of carbonyl (C=O) groups is 1. The number of hydrogen-bond acceptors (Lipinski definition) is 6. The number of amides is 1. The topological polar surface area (TPSA) is 80.5 Å². The van der Waals surface area contributed by atoms with E-state index in [1.807, 2.05) is 42.5 Å². The Morgan fingerprint density at radius 1 is 1.10 bits per heavy atom. The van der Waals surface area contributed by atoms with E-state index < -0.39 is 0 Å². The molecular formula is C22H19ClN4O3. The summed E-state index contributed by atoms with van der Waals surface area (Å²) >= 11 is 6.03. The number of fused-ring (bicyclic) bond motifs is 3. The van der Waals surface area contributed by atoms with Crippen LogP contribution in [0, 0.1) is 0 Å². The zero-order valence-electron chi connectivity index (χ0n) is 16.1. The molecule has 1 amide bonds. The van der Waals surface area contributed by atoms with Crippen molar-refractivity contribution in [2.75, 3.05) is 31.2 Å². The highest BCUT2D eigenvalue weighted by molar-refractivity contribution is 6.30. The van der Waals surface area contributed by atoms with E-state index in [1.54, 1.807) is 6.07 Å². The molecule has 8 heteroatoms. The van der Waals surface area contributed by atoms with E-state index in [4.69, 9.17) is 20.8 Å². The second kappa shape index (κ2) is 7.93. The molecule has 0 radical (unpaired) electrons. The SMILES string of the molecule is O=C(NCc1cccc(Cl)c1)c1nc(N2CCOCC2)c2oc3ccccc3c2n1. The van der Waals surface area contributed by atoms with Crippen LogP contribution in [0.3, 0.4) is 0 Å². The summed E-state index contributed by atoms with van der Waals surface area (Å²) in [5.41, 5.74) is 2.84. The molecule has 0 spiro atoms. The van der Waals surface area contributed by atoms with Crippen molar-refractivity contribution in [2.24, 2.45) is 0 Å². The van der Waals surface area contributed by atoms with Crippen LogP contribution in [0.15, 0.2) is 52.9 Å². The van der Waals surface area contributed by atoms with Gasteiger partial charge in [0.2, 0.25) is 5.82 Å². The van der Waals surface area contributed by atoms with E-state index in [0.717, 1.165) is 10.9 Å². The molecule has 7 nitrogen and oxygen atoms in total. The first kappa shape index (κ1) is 18.8. The Morgan fingerprint density at radius 3 is 2.77 bits per heavy atom. The molecule has 5 rings (SSSR count). The number of aromatic nitrogens is 2. The second-order valence-corrected chi connectivity index (χ2v) is 7.50. The van der Waals surface area contributed by atoms with E-state index in [9.17, 15) is 4.79 Å². The summed E-state index contributed by atoms with van der Waals surface area (Å²) in [6.07, 6.45) is 0. The summed E-state index contributed by atoms with van der Waals surface area (Å²) in [5, 5.41) is 4.36. The van der Waals surface area contributed by atoms with Crippen molar-refractivity contribution >= 4 is 45.4 Å². The third kappa shape index (κ3) is 3.58. The lowest BCUT2D eigenvalue weighted by Crippen LogP contribution is -2.37. The minimum Gasteiger partial charge on any atom is -0.450 e. The predicted molar refractivity (Wildman–Crippen MR) is 115 cm³/mol. The first-order valence-corrected chi connectivity index (χ1v) is 10.1. The van der Waals surface area contributed by atoms with Gasteiger partial charge in [0.15, 0.2) is 11.4 Å². The lowest BCUT2D eigenvalue weighted by molar-refractivity contribution is 0.0940. The van der Waals surface area contributed by atoms with E-state index in [1.165, 1.54) is 0 Å². The number of nitrogens with one attached hydrogen (secondary N) is 1. The van der Waals surface area contributed by atoms with Gasteiger partial charge in [-0.15, -0.1) is 0 Å². The van der Waals surface area contributed by atoms with Crippen molar-refractivity contribution in [3.8, 4) is 0 Å². The molecule has 0 atom stereocenters. The molecule has 3 heterocycles. The largest absolute Gasteiger partial charge is 0.450 e. The third-order valence-electron chi connectivity index (χ3n) is 5.06. The fourth-order valence-corrected chi connectivity index (χ4v) is 3.79. The van der Waals surface area contributed by atoms with Gasteiger partial charge in [-0.05, 0) is 29.8 Å². The van der Waals surface area contributed by atoms with Crippen LogP contribution in [0.1, 0.15) is 16.2 Å². The van der Waals surface area contributed by atoms with Crippen molar-refractivity contribution < 1.29 is 13.9 Å². The van der Waals surface area contributed by atoms with Gasteiger partial charge in [0.1, 0.15) is 11.1 Å². The number of nitrogens with zero attached hydrogens (tertiary/aromatic N) is 3. The summed E-state index contributed by atoms with van der Waals surface area (Å²) in [6.45, 7) is 2.88. The molecule has 2 aromatic carbocycles. The highest BCUT2D eigenvalue weighted by Crippen LogP contribution is 2.33. The molecule has 0 aliphatic carbocycles. The molecule has 1 aliphatic rings. The van der Waals surface area contributed by atoms with Crippen molar-refractivity contribution in [3.63, 3.8) is 0 Å². The molecule has 4 aromatic rings. The van der Waals surface area contributed by atoms with Crippen LogP contribution in [-0.2, 0) is 11.3 Å². The van der Waals surface area contributed by atoms with Gasteiger partial charge in [-0.1, -0.05) is 35.9 Å². The Labute approximate surface area is 177 Å². The molecule has 2 aromatic heterocycles. The van der Waals surface area contributed by atoms with Gasteiger partial charge in [-0.2, -0.15) is 0 Å². The van der Waals surface area contributed by atoms with Crippen molar-refractivity contribution in [1.29, 1.82) is 0 Å². The molecule has 0 unspecified atom stereocenters. The van der Waals surface area contributed by atoms with Crippen LogP contribution in [-0.4, -0.2) is 42.2 Å². The van der Waals surface area contributed by atoms with Gasteiger partial charge in [-0.3, -0.25) is 4.79 Å². The standard InChI is InChI=1S/C22H19ClN4O3/c23-15-5-3-4-14(12-15)13-24-22(28)20-25-18-16-6-1-2-7-17(16)30-19(18)21(26-20)27-8-10-29-11-9-27/h1-7,12H,8-11,13H2,(H,24,28). The Balaban J connectivity index is 1.54. The Hall–Kier alpha value is -3.16. The van der Waals surface area contributed by atoms with Crippen molar-refractivity contribution in [3.05, 3.63) is 64.9 Å². The Morgan fingerprint density at radius 2 is 1.93 bits per heavy atom. The van der Waals surface area contributed by atoms with E-state index in [0.29, 0.717) is 60.4 Å². The molecule has 1 N–H and O–H groups in total. The van der Waals surface area contributed by atoms with E-state index in [2.05, 4.69) is 20.2 Å². The van der Waals surface area contributed by atoms with E-state index >= 15 is 0 Å². The fraction of sp³-hybridized carbons (Fsp3) is 0.227. The minimum absolute atomic E-state index is 0.109. The smallest absolute Gasteiger partial charge is 0.289 e. The van der Waals surface area contributed by atoms with Crippen molar-refractivity contribution in [1.82, 2.24) is 15.3 Å². The number of halogens is 1. The summed E-state index contributed by atoms with van der Waals surface area (Å²) in [4.78, 5) is 24.1. The van der Waals surface area contributed by atoms with Gasteiger partial charge in [-0.25, -0.2) is 9.97 Å². The maximum atomic E-state index is 12.9.